The van der Waals surface area contributed by atoms with Crippen LogP contribution < -0.4 is 0 Å². The second-order valence-corrected chi connectivity index (χ2v) is 6.26. The molecule has 0 atom stereocenters. The first-order valence-electron chi connectivity index (χ1n) is 6.49. The first-order valence-corrected chi connectivity index (χ1v) is 7.89. The van der Waals surface area contributed by atoms with Crippen molar-refractivity contribution in [3.05, 3.63) is 65.7 Å². The molecule has 0 amide bonds. The van der Waals surface area contributed by atoms with Gasteiger partial charge < -0.3 is 0 Å². The van der Waals surface area contributed by atoms with Crippen LogP contribution in [-0.2, 0) is 19.1 Å². The minimum Gasteiger partial charge on any atom is -0.288 e. The van der Waals surface area contributed by atoms with Gasteiger partial charge in [-0.1, -0.05) is 48.0 Å². The first kappa shape index (κ1) is 16.1. The topological polar surface area (TPSA) is 77.5 Å². The van der Waals surface area contributed by atoms with Gasteiger partial charge >= 0.3 is 0 Å². The Balaban J connectivity index is 2.04. The molecule has 114 valence electrons. The van der Waals surface area contributed by atoms with Gasteiger partial charge in [0.2, 0.25) is 11.6 Å². The quantitative estimate of drug-likeness (QED) is 0.463. The standard InChI is InChI=1S/C16H14O5S/c1-12-7-9-14(10-8-12)22(19,20)21-11-15(17)16(18)13-5-3-2-4-6-13/h2-10H,11H2,1H3. The zero-order valence-corrected chi connectivity index (χ0v) is 12.7. The largest absolute Gasteiger partial charge is 0.297 e. The van der Waals surface area contributed by atoms with E-state index in [-0.39, 0.29) is 10.5 Å². The van der Waals surface area contributed by atoms with Crippen LogP contribution >= 0.6 is 0 Å². The normalized spacial score (nSPS) is 11.1. The van der Waals surface area contributed by atoms with Crippen molar-refractivity contribution < 1.29 is 22.2 Å². The van der Waals surface area contributed by atoms with Crippen LogP contribution in [0.5, 0.6) is 0 Å². The molecule has 0 radical (unpaired) electrons. The fraction of sp³-hybridized carbons (Fsp3) is 0.125. The van der Waals surface area contributed by atoms with E-state index in [4.69, 9.17) is 0 Å². The Morgan fingerprint density at radius 2 is 1.55 bits per heavy atom. The minimum atomic E-state index is -4.06. The summed E-state index contributed by atoms with van der Waals surface area (Å²) in [5.74, 6) is -1.69. The number of aryl methyl sites for hydroxylation is 1. The average molecular weight is 318 g/mol. The molecule has 0 bridgehead atoms. The lowest BCUT2D eigenvalue weighted by atomic mass is 10.1. The van der Waals surface area contributed by atoms with Crippen molar-refractivity contribution in [3.63, 3.8) is 0 Å². The molecule has 0 heterocycles. The molecular weight excluding hydrogens is 304 g/mol. The summed E-state index contributed by atoms with van der Waals surface area (Å²) in [5, 5.41) is 0. The number of hydrogen-bond acceptors (Lipinski definition) is 5. The molecule has 0 saturated heterocycles. The van der Waals surface area contributed by atoms with E-state index in [2.05, 4.69) is 4.18 Å². The van der Waals surface area contributed by atoms with Gasteiger partial charge in [-0.15, -0.1) is 0 Å². The molecule has 22 heavy (non-hydrogen) atoms. The third-order valence-electron chi connectivity index (χ3n) is 2.94. The molecule has 0 aliphatic carbocycles. The molecule has 0 saturated carbocycles. The summed E-state index contributed by atoms with van der Waals surface area (Å²) in [7, 11) is -4.06. The van der Waals surface area contributed by atoms with Gasteiger partial charge in [0.15, 0.2) is 0 Å². The highest BCUT2D eigenvalue weighted by atomic mass is 32.2. The second kappa shape index (κ2) is 6.64. The maximum absolute atomic E-state index is 11.9. The third-order valence-corrected chi connectivity index (χ3v) is 4.22. The molecular formula is C16H14O5S. The van der Waals surface area contributed by atoms with Crippen molar-refractivity contribution in [2.45, 2.75) is 11.8 Å². The Hall–Kier alpha value is -2.31. The summed E-state index contributed by atoms with van der Waals surface area (Å²) in [6.45, 7) is 1.00. The molecule has 0 N–H and O–H groups in total. The Morgan fingerprint density at radius 3 is 2.14 bits per heavy atom. The molecule has 0 spiro atoms. The van der Waals surface area contributed by atoms with Crippen LogP contribution in [0, 0.1) is 6.92 Å². The molecule has 2 aromatic carbocycles. The van der Waals surface area contributed by atoms with E-state index in [1.54, 1.807) is 30.3 Å². The number of rotatable bonds is 6. The van der Waals surface area contributed by atoms with E-state index in [1.807, 2.05) is 6.92 Å². The molecule has 6 heteroatoms. The van der Waals surface area contributed by atoms with Gasteiger partial charge in [-0.2, -0.15) is 8.42 Å². The highest BCUT2D eigenvalue weighted by Crippen LogP contribution is 2.13. The van der Waals surface area contributed by atoms with E-state index in [0.29, 0.717) is 0 Å². The Bertz CT molecular complexity index is 777. The van der Waals surface area contributed by atoms with Crippen molar-refractivity contribution in [1.29, 1.82) is 0 Å². The van der Waals surface area contributed by atoms with E-state index < -0.39 is 28.3 Å². The zero-order valence-electron chi connectivity index (χ0n) is 11.9. The zero-order chi connectivity index (χ0) is 16.2. The number of hydrogen-bond donors (Lipinski definition) is 0. The predicted molar refractivity (Wildman–Crippen MR) is 80.1 cm³/mol. The Kier molecular flexibility index (Phi) is 4.85. The fourth-order valence-electron chi connectivity index (χ4n) is 1.72. The summed E-state index contributed by atoms with van der Waals surface area (Å²) in [4.78, 5) is 23.5. The second-order valence-electron chi connectivity index (χ2n) is 4.65. The average Bonchev–Trinajstić information content (AvgIpc) is 2.53. The van der Waals surface area contributed by atoms with Gasteiger partial charge in [0.25, 0.3) is 10.1 Å². The monoisotopic (exact) mass is 318 g/mol. The third kappa shape index (κ3) is 3.87. The number of Topliss-reactive ketones (excluding diaryl/α,β-unsaturated/α-hetero) is 2. The molecule has 2 aromatic rings. The van der Waals surface area contributed by atoms with Crippen LogP contribution in [0.3, 0.4) is 0 Å². The van der Waals surface area contributed by atoms with Crippen molar-refractivity contribution in [2.75, 3.05) is 6.61 Å². The van der Waals surface area contributed by atoms with Gasteiger partial charge in [-0.25, -0.2) is 0 Å². The van der Waals surface area contributed by atoms with Gasteiger partial charge in [0.05, 0.1) is 4.90 Å². The van der Waals surface area contributed by atoms with Crippen LogP contribution in [0.4, 0.5) is 0 Å². The van der Waals surface area contributed by atoms with Crippen molar-refractivity contribution >= 4 is 21.7 Å². The summed E-state index contributed by atoms with van der Waals surface area (Å²) in [6, 6.07) is 13.9. The van der Waals surface area contributed by atoms with E-state index >= 15 is 0 Å². The summed E-state index contributed by atoms with van der Waals surface area (Å²) < 4.78 is 28.5. The van der Waals surface area contributed by atoms with E-state index in [1.165, 1.54) is 24.3 Å². The van der Waals surface area contributed by atoms with Crippen molar-refractivity contribution in [1.82, 2.24) is 0 Å². The molecule has 0 aromatic heterocycles. The van der Waals surface area contributed by atoms with Crippen LogP contribution in [-0.4, -0.2) is 26.6 Å². The maximum Gasteiger partial charge on any atom is 0.297 e. The van der Waals surface area contributed by atoms with Crippen LogP contribution in [0.1, 0.15) is 15.9 Å². The number of benzene rings is 2. The summed E-state index contributed by atoms with van der Waals surface area (Å²) >= 11 is 0. The molecule has 0 aliphatic rings. The fourth-order valence-corrected chi connectivity index (χ4v) is 2.59. The number of carbonyl (C=O) groups excluding carboxylic acids is 2. The SMILES string of the molecule is Cc1ccc(S(=O)(=O)OCC(=O)C(=O)c2ccccc2)cc1. The minimum absolute atomic E-state index is 0.0574. The summed E-state index contributed by atoms with van der Waals surface area (Å²) in [5.41, 5.74) is 1.10. The molecule has 0 unspecified atom stereocenters. The summed E-state index contributed by atoms with van der Waals surface area (Å²) in [6.07, 6.45) is 0. The van der Waals surface area contributed by atoms with Gasteiger partial charge in [0.1, 0.15) is 6.61 Å². The highest BCUT2D eigenvalue weighted by molar-refractivity contribution is 7.86. The van der Waals surface area contributed by atoms with Crippen LogP contribution in [0.15, 0.2) is 59.5 Å². The number of carbonyl (C=O) groups is 2. The predicted octanol–water partition coefficient (Wildman–Crippen LogP) is 2.15. The van der Waals surface area contributed by atoms with Crippen molar-refractivity contribution in [3.8, 4) is 0 Å². The van der Waals surface area contributed by atoms with E-state index in [9.17, 15) is 18.0 Å². The van der Waals surface area contributed by atoms with Crippen LogP contribution in [0.25, 0.3) is 0 Å². The smallest absolute Gasteiger partial charge is 0.288 e. The lowest BCUT2D eigenvalue weighted by Crippen LogP contribution is -2.22. The van der Waals surface area contributed by atoms with Crippen LogP contribution in [0.2, 0.25) is 0 Å². The Labute approximate surface area is 128 Å². The lowest BCUT2D eigenvalue weighted by molar-refractivity contribution is -0.116. The number of ketones is 2. The molecule has 0 aliphatic heterocycles. The lowest BCUT2D eigenvalue weighted by Gasteiger charge is -2.05. The van der Waals surface area contributed by atoms with E-state index in [0.717, 1.165) is 5.56 Å². The molecule has 2 rings (SSSR count). The molecule has 5 nitrogen and oxygen atoms in total. The van der Waals surface area contributed by atoms with Gasteiger partial charge in [-0.05, 0) is 19.1 Å². The molecule has 0 fully saturated rings. The maximum atomic E-state index is 11.9. The first-order chi connectivity index (χ1) is 10.4. The highest BCUT2D eigenvalue weighted by Gasteiger charge is 2.21. The van der Waals surface area contributed by atoms with Gasteiger partial charge in [-0.3, -0.25) is 13.8 Å². The Morgan fingerprint density at radius 1 is 0.955 bits per heavy atom. The van der Waals surface area contributed by atoms with Crippen molar-refractivity contribution in [2.24, 2.45) is 0 Å². The van der Waals surface area contributed by atoms with Gasteiger partial charge in [0, 0.05) is 5.56 Å².